The van der Waals surface area contributed by atoms with Crippen molar-refractivity contribution in [2.75, 3.05) is 5.75 Å². The molecule has 0 aromatic heterocycles. The first-order valence-corrected chi connectivity index (χ1v) is 10.4. The van der Waals surface area contributed by atoms with E-state index in [0.717, 1.165) is 16.3 Å². The number of nitrogens with one attached hydrogen (secondary N) is 2. The minimum absolute atomic E-state index is 0.162. The van der Waals surface area contributed by atoms with Crippen molar-refractivity contribution in [3.05, 3.63) is 77.9 Å². The first-order chi connectivity index (χ1) is 14.5. The second-order valence-corrected chi connectivity index (χ2v) is 8.26. The molecule has 0 aliphatic carbocycles. The van der Waals surface area contributed by atoms with Crippen LogP contribution >= 0.6 is 11.8 Å². The number of amides is 3. The molecule has 6 nitrogen and oxygen atoms in total. The van der Waals surface area contributed by atoms with Crippen LogP contribution in [0.15, 0.2) is 71.6 Å². The lowest BCUT2D eigenvalue weighted by atomic mass is 10.1. The Hall–Kier alpha value is -3.32. The van der Waals surface area contributed by atoms with Gasteiger partial charge in [0.25, 0.3) is 5.91 Å². The van der Waals surface area contributed by atoms with Crippen molar-refractivity contribution in [1.29, 1.82) is 0 Å². The van der Waals surface area contributed by atoms with Crippen LogP contribution in [0.1, 0.15) is 22.8 Å². The highest BCUT2D eigenvalue weighted by Gasteiger charge is 2.41. The monoisotopic (exact) mass is 420 g/mol. The Balaban J connectivity index is 1.47. The van der Waals surface area contributed by atoms with Crippen LogP contribution in [0.4, 0.5) is 4.79 Å². The molecule has 1 saturated heterocycles. The van der Waals surface area contributed by atoms with Crippen LogP contribution in [0.3, 0.4) is 0 Å². The van der Waals surface area contributed by atoms with Crippen molar-refractivity contribution in [3.8, 4) is 0 Å². The third-order valence-electron chi connectivity index (χ3n) is 4.98. The Bertz CT molecular complexity index is 1140. The molecule has 3 aromatic rings. The molecule has 1 aliphatic heterocycles. The van der Waals surface area contributed by atoms with Crippen molar-refractivity contribution in [1.82, 2.24) is 10.6 Å². The summed E-state index contributed by atoms with van der Waals surface area (Å²) in [6, 6.07) is 20.4. The molecule has 2 N–H and O–H groups in total. The first kappa shape index (κ1) is 20.0. The summed E-state index contributed by atoms with van der Waals surface area (Å²) < 4.78 is 5.60. The minimum Gasteiger partial charge on any atom is -0.457 e. The second kappa shape index (κ2) is 8.20. The molecule has 3 aromatic carbocycles. The van der Waals surface area contributed by atoms with E-state index in [1.54, 1.807) is 25.1 Å². The summed E-state index contributed by atoms with van der Waals surface area (Å²) in [6.07, 6.45) is 0. The number of ether oxygens (including phenoxy) is 1. The van der Waals surface area contributed by atoms with Gasteiger partial charge in [-0.3, -0.25) is 10.1 Å². The molecule has 0 unspecified atom stereocenters. The number of carbonyl (C=O) groups excluding carboxylic acids is 3. The lowest BCUT2D eigenvalue weighted by molar-refractivity contribution is -0.122. The van der Waals surface area contributed by atoms with Gasteiger partial charge in [-0.1, -0.05) is 54.6 Å². The van der Waals surface area contributed by atoms with Gasteiger partial charge >= 0.3 is 12.0 Å². The normalized spacial score (nSPS) is 18.2. The maximum atomic E-state index is 12.8. The van der Waals surface area contributed by atoms with E-state index in [9.17, 15) is 14.4 Å². The predicted octanol–water partition coefficient (Wildman–Crippen LogP) is 3.89. The number of thioether (sulfide) groups is 1. The van der Waals surface area contributed by atoms with Gasteiger partial charge in [0.2, 0.25) is 0 Å². The highest BCUT2D eigenvalue weighted by molar-refractivity contribution is 7.99. The largest absolute Gasteiger partial charge is 0.457 e. The highest BCUT2D eigenvalue weighted by Crippen LogP contribution is 2.28. The van der Waals surface area contributed by atoms with Gasteiger partial charge in [0, 0.05) is 10.6 Å². The molecule has 1 heterocycles. The zero-order chi connectivity index (χ0) is 21.1. The number of hydrogen-bond donors (Lipinski definition) is 2. The highest BCUT2D eigenvalue weighted by atomic mass is 32.2. The third-order valence-corrected chi connectivity index (χ3v) is 6.37. The fourth-order valence-electron chi connectivity index (χ4n) is 3.30. The van der Waals surface area contributed by atoms with Crippen molar-refractivity contribution in [2.24, 2.45) is 0 Å². The van der Waals surface area contributed by atoms with Crippen molar-refractivity contribution < 1.29 is 19.1 Å². The van der Waals surface area contributed by atoms with Crippen LogP contribution in [0.25, 0.3) is 10.8 Å². The molecule has 0 saturated carbocycles. The standard InChI is InChI=1S/C23H20N2O4S/c1-23(21(27)24-22(28)25-23)14-30-19-12-5-4-11-18(19)20(26)29-13-16-9-6-8-15-7-2-3-10-17(15)16/h2-12H,13-14H2,1H3,(H2,24,25,27,28)/t23-/m0/s1. The molecule has 7 heteroatoms. The van der Waals surface area contributed by atoms with E-state index < -0.39 is 17.5 Å². The summed E-state index contributed by atoms with van der Waals surface area (Å²) in [5, 5.41) is 7.00. The molecule has 1 atom stereocenters. The number of imide groups is 1. The molecule has 152 valence electrons. The van der Waals surface area contributed by atoms with Crippen LogP contribution in [0.5, 0.6) is 0 Å². The van der Waals surface area contributed by atoms with E-state index in [-0.39, 0.29) is 18.3 Å². The minimum atomic E-state index is -1.03. The number of rotatable bonds is 6. The number of hydrogen-bond acceptors (Lipinski definition) is 5. The van der Waals surface area contributed by atoms with E-state index >= 15 is 0 Å². The Labute approximate surface area is 178 Å². The molecule has 30 heavy (non-hydrogen) atoms. The topological polar surface area (TPSA) is 84.5 Å². The smallest absolute Gasteiger partial charge is 0.339 e. The zero-order valence-electron chi connectivity index (χ0n) is 16.3. The number of carbonyl (C=O) groups is 3. The van der Waals surface area contributed by atoms with Gasteiger partial charge in [-0.2, -0.15) is 0 Å². The van der Waals surface area contributed by atoms with E-state index in [0.29, 0.717) is 10.5 Å². The SMILES string of the molecule is C[C@@]1(CSc2ccccc2C(=O)OCc2cccc3ccccc23)NC(=O)NC1=O. The van der Waals surface area contributed by atoms with Crippen LogP contribution in [-0.4, -0.2) is 29.2 Å². The Morgan fingerprint density at radius 1 is 1.00 bits per heavy atom. The number of esters is 1. The molecule has 1 aliphatic rings. The molecule has 4 rings (SSSR count). The van der Waals surface area contributed by atoms with Crippen molar-refractivity contribution in [2.45, 2.75) is 24.0 Å². The van der Waals surface area contributed by atoms with E-state index in [1.807, 2.05) is 48.5 Å². The van der Waals surface area contributed by atoms with Crippen LogP contribution in [-0.2, 0) is 16.1 Å². The molecule has 3 amide bonds. The predicted molar refractivity (Wildman–Crippen MR) is 115 cm³/mol. The maximum Gasteiger partial charge on any atom is 0.339 e. The van der Waals surface area contributed by atoms with Gasteiger partial charge in [0.15, 0.2) is 0 Å². The molecule has 0 bridgehead atoms. The van der Waals surface area contributed by atoms with Gasteiger partial charge in [-0.05, 0) is 35.4 Å². The number of urea groups is 1. The summed E-state index contributed by atoms with van der Waals surface area (Å²) in [4.78, 5) is 36.9. The Kier molecular flexibility index (Phi) is 5.46. The van der Waals surface area contributed by atoms with Gasteiger partial charge in [0.05, 0.1) is 5.56 Å². The van der Waals surface area contributed by atoms with Crippen LogP contribution in [0.2, 0.25) is 0 Å². The Morgan fingerprint density at radius 2 is 1.73 bits per heavy atom. The van der Waals surface area contributed by atoms with Gasteiger partial charge < -0.3 is 10.1 Å². The third kappa shape index (κ3) is 4.02. The quantitative estimate of drug-likeness (QED) is 0.359. The first-order valence-electron chi connectivity index (χ1n) is 9.45. The molecular formula is C23H20N2O4S. The van der Waals surface area contributed by atoms with Gasteiger partial charge in [-0.15, -0.1) is 11.8 Å². The lowest BCUT2D eigenvalue weighted by Crippen LogP contribution is -2.46. The summed E-state index contributed by atoms with van der Waals surface area (Å²) in [7, 11) is 0. The van der Waals surface area contributed by atoms with Gasteiger partial charge in [0.1, 0.15) is 12.1 Å². The maximum absolute atomic E-state index is 12.8. The zero-order valence-corrected chi connectivity index (χ0v) is 17.1. The van der Waals surface area contributed by atoms with E-state index in [4.69, 9.17) is 4.74 Å². The summed E-state index contributed by atoms with van der Waals surface area (Å²) in [5.74, 6) is -0.523. The second-order valence-electron chi connectivity index (χ2n) is 7.24. The fraction of sp³-hybridized carbons (Fsp3) is 0.174. The Morgan fingerprint density at radius 3 is 2.53 bits per heavy atom. The van der Waals surface area contributed by atoms with Crippen molar-refractivity contribution in [3.63, 3.8) is 0 Å². The fourth-order valence-corrected chi connectivity index (χ4v) is 4.43. The van der Waals surface area contributed by atoms with Gasteiger partial charge in [-0.25, -0.2) is 9.59 Å². The number of fused-ring (bicyclic) bond motifs is 1. The summed E-state index contributed by atoms with van der Waals surface area (Å²) in [6.45, 7) is 1.82. The van der Waals surface area contributed by atoms with E-state index in [1.165, 1.54) is 11.8 Å². The molecular weight excluding hydrogens is 400 g/mol. The van der Waals surface area contributed by atoms with Crippen LogP contribution < -0.4 is 10.6 Å². The molecule has 0 spiro atoms. The summed E-state index contributed by atoms with van der Waals surface area (Å²) >= 11 is 1.33. The lowest BCUT2D eigenvalue weighted by Gasteiger charge is -2.20. The summed E-state index contributed by atoms with van der Waals surface area (Å²) in [5.41, 5.74) is 0.336. The van der Waals surface area contributed by atoms with Crippen molar-refractivity contribution >= 4 is 40.4 Å². The van der Waals surface area contributed by atoms with E-state index in [2.05, 4.69) is 10.6 Å². The average molecular weight is 420 g/mol. The molecule has 1 fully saturated rings. The van der Waals surface area contributed by atoms with Crippen LogP contribution in [0, 0.1) is 0 Å². The average Bonchev–Trinajstić information content (AvgIpc) is 3.02. The number of benzene rings is 3. The molecule has 0 radical (unpaired) electrons.